The highest BCUT2D eigenvalue weighted by Gasteiger charge is 2.30. The smallest absolute Gasteiger partial charge is 0.234 e. The maximum absolute atomic E-state index is 12.4. The number of carbonyl (C=O) groups excluding carboxylic acids is 1. The second-order valence-corrected chi connectivity index (χ2v) is 7.01. The summed E-state index contributed by atoms with van der Waals surface area (Å²) in [7, 11) is 1.67. The lowest BCUT2D eigenvalue weighted by Gasteiger charge is -2.21. The third kappa shape index (κ3) is 5.33. The first-order valence-corrected chi connectivity index (χ1v) is 9.34. The Labute approximate surface area is 156 Å². The Bertz CT molecular complexity index is 723. The van der Waals surface area contributed by atoms with E-state index in [9.17, 15) is 4.79 Å². The standard InChI is InChI=1S/C22H28N2O2/c1-17-5-3-4-6-19(17)13-14-23-22(25)16-24(20-9-10-20)15-18-7-11-21(26-2)12-8-18/h3-8,11-12,20H,9-10,13-16H2,1-2H3,(H,23,25). The lowest BCUT2D eigenvalue weighted by molar-refractivity contribution is -0.122. The number of hydrogen-bond donors (Lipinski definition) is 1. The molecule has 0 bridgehead atoms. The SMILES string of the molecule is COc1ccc(CN(CC(=O)NCCc2ccccc2C)C2CC2)cc1. The van der Waals surface area contributed by atoms with Gasteiger partial charge < -0.3 is 10.1 Å². The Balaban J connectivity index is 1.48. The second-order valence-electron chi connectivity index (χ2n) is 7.01. The molecule has 0 heterocycles. The van der Waals surface area contributed by atoms with E-state index in [4.69, 9.17) is 4.74 Å². The van der Waals surface area contributed by atoms with Crippen LogP contribution in [0.1, 0.15) is 29.5 Å². The molecule has 2 aromatic carbocycles. The molecule has 1 saturated carbocycles. The zero-order valence-electron chi connectivity index (χ0n) is 15.7. The minimum atomic E-state index is 0.110. The lowest BCUT2D eigenvalue weighted by atomic mass is 10.1. The van der Waals surface area contributed by atoms with Crippen LogP contribution in [0.15, 0.2) is 48.5 Å². The molecule has 0 atom stereocenters. The van der Waals surface area contributed by atoms with Crippen molar-refractivity contribution in [1.82, 2.24) is 10.2 Å². The van der Waals surface area contributed by atoms with Gasteiger partial charge in [0.05, 0.1) is 13.7 Å². The fourth-order valence-electron chi connectivity index (χ4n) is 3.19. The third-order valence-corrected chi connectivity index (χ3v) is 4.93. The molecule has 1 N–H and O–H groups in total. The van der Waals surface area contributed by atoms with E-state index in [2.05, 4.69) is 41.4 Å². The van der Waals surface area contributed by atoms with E-state index in [1.54, 1.807) is 7.11 Å². The average molecular weight is 352 g/mol. The van der Waals surface area contributed by atoms with Crippen molar-refractivity contribution < 1.29 is 9.53 Å². The van der Waals surface area contributed by atoms with Crippen molar-refractivity contribution in [3.05, 3.63) is 65.2 Å². The van der Waals surface area contributed by atoms with Gasteiger partial charge in [-0.15, -0.1) is 0 Å². The number of rotatable bonds is 9. The molecule has 0 aromatic heterocycles. The number of benzene rings is 2. The number of ether oxygens (including phenoxy) is 1. The van der Waals surface area contributed by atoms with Gasteiger partial charge in [-0.2, -0.15) is 0 Å². The largest absolute Gasteiger partial charge is 0.497 e. The highest BCUT2D eigenvalue weighted by molar-refractivity contribution is 5.78. The van der Waals surface area contributed by atoms with Crippen LogP contribution in [0.25, 0.3) is 0 Å². The average Bonchev–Trinajstić information content (AvgIpc) is 3.48. The number of hydrogen-bond acceptors (Lipinski definition) is 3. The van der Waals surface area contributed by atoms with Crippen LogP contribution in [0.2, 0.25) is 0 Å². The van der Waals surface area contributed by atoms with E-state index in [0.29, 0.717) is 19.1 Å². The first-order valence-electron chi connectivity index (χ1n) is 9.34. The van der Waals surface area contributed by atoms with E-state index in [1.165, 1.54) is 29.5 Å². The van der Waals surface area contributed by atoms with Gasteiger partial charge >= 0.3 is 0 Å². The van der Waals surface area contributed by atoms with Gasteiger partial charge in [0, 0.05) is 19.1 Å². The Morgan fingerprint density at radius 1 is 1.15 bits per heavy atom. The van der Waals surface area contributed by atoms with Crippen molar-refractivity contribution >= 4 is 5.91 Å². The van der Waals surface area contributed by atoms with Crippen LogP contribution in [0.3, 0.4) is 0 Å². The minimum absolute atomic E-state index is 0.110. The summed E-state index contributed by atoms with van der Waals surface area (Å²) in [5.41, 5.74) is 3.79. The number of nitrogens with one attached hydrogen (secondary N) is 1. The molecule has 138 valence electrons. The van der Waals surface area contributed by atoms with Crippen molar-refractivity contribution in [2.45, 2.75) is 38.8 Å². The van der Waals surface area contributed by atoms with Crippen molar-refractivity contribution in [3.63, 3.8) is 0 Å². The number of nitrogens with zero attached hydrogens (tertiary/aromatic N) is 1. The summed E-state index contributed by atoms with van der Waals surface area (Å²) in [6.07, 6.45) is 3.25. The Morgan fingerprint density at radius 2 is 1.88 bits per heavy atom. The predicted octanol–water partition coefficient (Wildman–Crippen LogP) is 3.33. The van der Waals surface area contributed by atoms with Gasteiger partial charge in [-0.25, -0.2) is 0 Å². The summed E-state index contributed by atoms with van der Waals surface area (Å²) < 4.78 is 5.21. The van der Waals surface area contributed by atoms with Gasteiger partial charge in [0.1, 0.15) is 5.75 Å². The first kappa shape index (κ1) is 18.5. The summed E-state index contributed by atoms with van der Waals surface area (Å²) in [5.74, 6) is 0.972. The molecule has 26 heavy (non-hydrogen) atoms. The Morgan fingerprint density at radius 3 is 2.54 bits per heavy atom. The maximum atomic E-state index is 12.4. The number of carbonyl (C=O) groups is 1. The van der Waals surface area contributed by atoms with E-state index in [1.807, 2.05) is 24.3 Å². The summed E-state index contributed by atoms with van der Waals surface area (Å²) in [4.78, 5) is 14.7. The van der Waals surface area contributed by atoms with Gasteiger partial charge in [0.25, 0.3) is 0 Å². The van der Waals surface area contributed by atoms with Gasteiger partial charge in [-0.1, -0.05) is 36.4 Å². The van der Waals surface area contributed by atoms with Crippen LogP contribution < -0.4 is 10.1 Å². The molecule has 0 spiro atoms. The van der Waals surface area contributed by atoms with E-state index in [0.717, 1.165) is 18.7 Å². The fraction of sp³-hybridized carbons (Fsp3) is 0.409. The molecular weight excluding hydrogens is 324 g/mol. The van der Waals surface area contributed by atoms with E-state index in [-0.39, 0.29) is 5.91 Å². The van der Waals surface area contributed by atoms with Crippen molar-refractivity contribution in [2.24, 2.45) is 0 Å². The third-order valence-electron chi connectivity index (χ3n) is 4.93. The maximum Gasteiger partial charge on any atom is 0.234 e. The second kappa shape index (κ2) is 8.86. The van der Waals surface area contributed by atoms with Crippen LogP contribution in [0.4, 0.5) is 0 Å². The van der Waals surface area contributed by atoms with Crippen molar-refractivity contribution in [1.29, 1.82) is 0 Å². The van der Waals surface area contributed by atoms with Crippen LogP contribution in [0, 0.1) is 6.92 Å². The molecular formula is C22H28N2O2. The highest BCUT2D eigenvalue weighted by Crippen LogP contribution is 2.28. The number of methoxy groups -OCH3 is 1. The Hall–Kier alpha value is -2.33. The first-order chi connectivity index (χ1) is 12.7. The molecule has 4 nitrogen and oxygen atoms in total. The van der Waals surface area contributed by atoms with Crippen LogP contribution in [-0.4, -0.2) is 37.0 Å². The highest BCUT2D eigenvalue weighted by atomic mass is 16.5. The van der Waals surface area contributed by atoms with Crippen LogP contribution in [0.5, 0.6) is 5.75 Å². The summed E-state index contributed by atoms with van der Waals surface area (Å²) in [6.45, 7) is 4.07. The molecule has 0 unspecified atom stereocenters. The molecule has 2 aromatic rings. The van der Waals surface area contributed by atoms with Crippen molar-refractivity contribution in [2.75, 3.05) is 20.2 Å². The minimum Gasteiger partial charge on any atom is -0.497 e. The van der Waals surface area contributed by atoms with Gasteiger partial charge in [0.2, 0.25) is 5.91 Å². The Kier molecular flexibility index (Phi) is 6.29. The predicted molar refractivity (Wildman–Crippen MR) is 104 cm³/mol. The summed E-state index contributed by atoms with van der Waals surface area (Å²) in [6, 6.07) is 17.0. The van der Waals surface area contributed by atoms with Crippen molar-refractivity contribution in [3.8, 4) is 5.75 Å². The monoisotopic (exact) mass is 352 g/mol. The van der Waals surface area contributed by atoms with Crippen LogP contribution in [-0.2, 0) is 17.8 Å². The molecule has 0 saturated heterocycles. The van der Waals surface area contributed by atoms with E-state index >= 15 is 0 Å². The van der Waals surface area contributed by atoms with Gasteiger partial charge in [-0.3, -0.25) is 9.69 Å². The summed E-state index contributed by atoms with van der Waals surface area (Å²) in [5, 5.41) is 3.07. The van der Waals surface area contributed by atoms with Gasteiger partial charge in [-0.05, 0) is 55.0 Å². The molecule has 3 rings (SSSR count). The zero-order chi connectivity index (χ0) is 18.4. The number of aryl methyl sites for hydroxylation is 1. The molecule has 0 radical (unpaired) electrons. The van der Waals surface area contributed by atoms with E-state index < -0.39 is 0 Å². The summed E-state index contributed by atoms with van der Waals surface area (Å²) >= 11 is 0. The topological polar surface area (TPSA) is 41.6 Å². The van der Waals surface area contributed by atoms with Gasteiger partial charge in [0.15, 0.2) is 0 Å². The fourth-order valence-corrected chi connectivity index (χ4v) is 3.19. The number of amides is 1. The molecule has 4 heteroatoms. The quantitative estimate of drug-likeness (QED) is 0.753. The molecule has 1 aliphatic rings. The normalized spacial score (nSPS) is 13.7. The molecule has 1 aliphatic carbocycles. The molecule has 0 aliphatic heterocycles. The van der Waals surface area contributed by atoms with Crippen LogP contribution >= 0.6 is 0 Å². The lowest BCUT2D eigenvalue weighted by Crippen LogP contribution is -2.38. The molecule has 1 fully saturated rings. The molecule has 1 amide bonds. The zero-order valence-corrected chi connectivity index (χ0v) is 15.7.